The van der Waals surface area contributed by atoms with Gasteiger partial charge in [0.25, 0.3) is 0 Å². The Morgan fingerprint density at radius 1 is 1.17 bits per heavy atom. The van der Waals surface area contributed by atoms with Crippen molar-refractivity contribution in [3.05, 3.63) is 77.3 Å². The second-order valence-electron chi connectivity index (χ2n) is 13.7. The number of rotatable bonds is 10. The van der Waals surface area contributed by atoms with E-state index in [1.807, 2.05) is 20.9 Å². The molecule has 0 spiro atoms. The highest BCUT2D eigenvalue weighted by atomic mass is 19.3. The van der Waals surface area contributed by atoms with E-state index in [4.69, 9.17) is 21.3 Å². The molecule has 3 atom stereocenters. The lowest BCUT2D eigenvalue weighted by molar-refractivity contribution is -0.129. The number of aryl methyl sites for hydroxylation is 1. The summed E-state index contributed by atoms with van der Waals surface area (Å²) in [6.45, 7) is 20.9. The van der Waals surface area contributed by atoms with Gasteiger partial charge in [-0.2, -0.15) is 9.97 Å². The Kier molecular flexibility index (Phi) is 9.57. The second-order valence-corrected chi connectivity index (χ2v) is 13.7. The maximum atomic E-state index is 13.6. The van der Waals surface area contributed by atoms with E-state index in [2.05, 4.69) is 69.4 Å². The number of ether oxygens (including phenoxy) is 1. The Bertz CT molecular complexity index is 1710. The lowest BCUT2D eigenvalue weighted by Crippen LogP contribution is -2.56. The van der Waals surface area contributed by atoms with E-state index in [1.165, 1.54) is 22.4 Å². The van der Waals surface area contributed by atoms with Gasteiger partial charge in [0.15, 0.2) is 0 Å². The van der Waals surface area contributed by atoms with Crippen molar-refractivity contribution in [2.24, 2.45) is 5.92 Å². The van der Waals surface area contributed by atoms with E-state index in [9.17, 15) is 13.6 Å². The number of benzene rings is 2. The number of carbonyl (C=O) groups is 1. The van der Waals surface area contributed by atoms with Gasteiger partial charge in [0, 0.05) is 68.2 Å². The molecular formula is C37H45F2N7O2. The first-order chi connectivity index (χ1) is 23.0. The summed E-state index contributed by atoms with van der Waals surface area (Å²) >= 11 is 0. The second kappa shape index (κ2) is 13.7. The number of hydrogen-bond donors (Lipinski definition) is 0. The summed E-state index contributed by atoms with van der Waals surface area (Å²) in [5, 5.41) is 2.43. The monoisotopic (exact) mass is 657 g/mol. The largest absolute Gasteiger partial charge is 0.459 e. The van der Waals surface area contributed by atoms with Crippen molar-refractivity contribution >= 4 is 28.2 Å². The molecule has 48 heavy (non-hydrogen) atoms. The van der Waals surface area contributed by atoms with Crippen LogP contribution in [0.3, 0.4) is 0 Å². The molecule has 1 saturated heterocycles. The zero-order valence-electron chi connectivity index (χ0n) is 28.3. The number of likely N-dealkylation sites (N-methyl/N-ethyl adjacent to an activating group) is 1. The van der Waals surface area contributed by atoms with Crippen LogP contribution in [0.15, 0.2) is 49.1 Å². The zero-order valence-corrected chi connectivity index (χ0v) is 28.3. The quantitative estimate of drug-likeness (QED) is 0.203. The summed E-state index contributed by atoms with van der Waals surface area (Å²) in [7, 11) is 1.95. The van der Waals surface area contributed by atoms with Crippen molar-refractivity contribution in [2.75, 3.05) is 56.1 Å². The summed E-state index contributed by atoms with van der Waals surface area (Å²) in [6, 6.07) is 12.8. The van der Waals surface area contributed by atoms with Crippen molar-refractivity contribution in [1.82, 2.24) is 19.8 Å². The molecule has 2 aliphatic heterocycles. The molecule has 6 rings (SSSR count). The molecule has 0 unspecified atom stereocenters. The van der Waals surface area contributed by atoms with Crippen LogP contribution in [0, 0.1) is 19.4 Å². The molecule has 1 aliphatic carbocycles. The van der Waals surface area contributed by atoms with Gasteiger partial charge in [-0.1, -0.05) is 36.9 Å². The Hall–Kier alpha value is -4.30. The Balaban J connectivity index is 1.29. The van der Waals surface area contributed by atoms with Crippen LogP contribution in [0.4, 0.5) is 20.3 Å². The lowest BCUT2D eigenvalue weighted by atomic mass is 9.76. The molecule has 0 radical (unpaired) electrons. The summed E-state index contributed by atoms with van der Waals surface area (Å²) in [5.41, 5.74) is 4.34. The average molecular weight is 658 g/mol. The van der Waals surface area contributed by atoms with E-state index in [0.717, 1.165) is 35.7 Å². The number of carbonyl (C=O) groups excluding carboxylic acids is 1. The molecule has 1 saturated carbocycles. The molecule has 9 nitrogen and oxygen atoms in total. The van der Waals surface area contributed by atoms with Crippen molar-refractivity contribution < 1.29 is 18.3 Å². The molecular weight excluding hydrogens is 612 g/mol. The Morgan fingerprint density at radius 3 is 2.62 bits per heavy atom. The first kappa shape index (κ1) is 33.6. The third kappa shape index (κ3) is 6.81. The molecule has 1 aromatic heterocycles. The molecule has 1 amide bonds. The van der Waals surface area contributed by atoms with Gasteiger partial charge in [-0.3, -0.25) is 9.69 Å². The highest BCUT2D eigenvalue weighted by molar-refractivity contribution is 5.97. The lowest BCUT2D eigenvalue weighted by Gasteiger charge is -2.42. The molecule has 0 N–H and O–H groups in total. The number of alkyl halides is 2. The maximum absolute atomic E-state index is 13.6. The number of hydrogen-bond acceptors (Lipinski definition) is 7. The topological polar surface area (TPSA) is 69.4 Å². The van der Waals surface area contributed by atoms with Crippen LogP contribution >= 0.6 is 0 Å². The number of piperazine rings is 1. The summed E-state index contributed by atoms with van der Waals surface area (Å²) in [4.78, 5) is 34.6. The predicted molar refractivity (Wildman–Crippen MR) is 185 cm³/mol. The third-order valence-corrected chi connectivity index (χ3v) is 10.3. The molecule has 0 bridgehead atoms. The maximum Gasteiger partial charge on any atom is 0.318 e. The molecule has 3 aliphatic rings. The highest BCUT2D eigenvalue weighted by Gasteiger charge is 2.48. The van der Waals surface area contributed by atoms with Crippen molar-refractivity contribution in [1.29, 1.82) is 0 Å². The minimum absolute atomic E-state index is 0.00218. The van der Waals surface area contributed by atoms with Gasteiger partial charge < -0.3 is 24.3 Å². The van der Waals surface area contributed by atoms with Gasteiger partial charge >= 0.3 is 6.01 Å². The fourth-order valence-corrected chi connectivity index (χ4v) is 7.59. The SMILES string of the molecule is [C-]#[N+]C[C@H]1CN(c2nc(O[C@H](C)CN(C)[C@H](C)C3CC(F)(F)C3)nc3c2CCN(c2cccc4cccc(C)c24)C3)CCN1C(=O)C=C. The number of halogens is 2. The van der Waals surface area contributed by atoms with Gasteiger partial charge in [-0.15, -0.1) is 0 Å². The molecule has 11 heteroatoms. The minimum Gasteiger partial charge on any atom is -0.459 e. The van der Waals surface area contributed by atoms with Crippen LogP contribution in [0.25, 0.3) is 15.6 Å². The summed E-state index contributed by atoms with van der Waals surface area (Å²) < 4.78 is 33.5. The van der Waals surface area contributed by atoms with Gasteiger partial charge in [0.05, 0.1) is 12.2 Å². The van der Waals surface area contributed by atoms with Crippen molar-refractivity contribution in [2.45, 2.75) is 70.7 Å². The number of fused-ring (bicyclic) bond motifs is 2. The van der Waals surface area contributed by atoms with E-state index >= 15 is 0 Å². The summed E-state index contributed by atoms with van der Waals surface area (Å²) in [5.74, 6) is -1.97. The van der Waals surface area contributed by atoms with Gasteiger partial charge in [-0.25, -0.2) is 15.4 Å². The van der Waals surface area contributed by atoms with Crippen LogP contribution in [0.2, 0.25) is 0 Å². The zero-order chi connectivity index (χ0) is 34.2. The number of aromatic nitrogens is 2. The molecule has 2 aromatic carbocycles. The minimum atomic E-state index is -2.55. The van der Waals surface area contributed by atoms with E-state index in [1.54, 1.807) is 4.90 Å². The highest BCUT2D eigenvalue weighted by Crippen LogP contribution is 2.45. The van der Waals surface area contributed by atoms with Crippen LogP contribution in [-0.2, 0) is 17.8 Å². The van der Waals surface area contributed by atoms with Gasteiger partial charge in [0.2, 0.25) is 18.4 Å². The third-order valence-electron chi connectivity index (χ3n) is 10.3. The predicted octanol–water partition coefficient (Wildman–Crippen LogP) is 5.76. The average Bonchev–Trinajstić information content (AvgIpc) is 3.05. The number of nitrogens with zero attached hydrogens (tertiary/aromatic N) is 7. The normalized spacial score (nSPS) is 20.5. The van der Waals surface area contributed by atoms with Crippen molar-refractivity contribution in [3.63, 3.8) is 0 Å². The molecule has 2 fully saturated rings. The molecule has 3 heterocycles. The van der Waals surface area contributed by atoms with E-state index in [-0.39, 0.29) is 55.4 Å². The first-order valence-electron chi connectivity index (χ1n) is 16.9. The number of amides is 1. The van der Waals surface area contributed by atoms with Crippen LogP contribution in [0.5, 0.6) is 6.01 Å². The van der Waals surface area contributed by atoms with E-state index < -0.39 is 5.92 Å². The van der Waals surface area contributed by atoms with E-state index in [0.29, 0.717) is 32.7 Å². The summed E-state index contributed by atoms with van der Waals surface area (Å²) in [6.07, 6.45) is 1.61. The molecule has 254 valence electrons. The first-order valence-corrected chi connectivity index (χ1v) is 16.9. The van der Waals surface area contributed by atoms with Crippen LogP contribution in [-0.4, -0.2) is 96.1 Å². The Morgan fingerprint density at radius 2 is 1.92 bits per heavy atom. The Labute approximate surface area is 282 Å². The molecule has 3 aromatic rings. The fraction of sp³-hybridized carbons (Fsp3) is 0.514. The van der Waals surface area contributed by atoms with Gasteiger partial charge in [0.1, 0.15) is 18.0 Å². The van der Waals surface area contributed by atoms with Gasteiger partial charge in [-0.05, 0) is 63.2 Å². The fourth-order valence-electron chi connectivity index (χ4n) is 7.59. The van der Waals surface area contributed by atoms with Crippen LogP contribution < -0.4 is 14.5 Å². The standard InChI is InChI=1S/C37H45F2N7O2/c1-7-33(47)46-17-16-45(22-29(46)20-40-5)35-30-14-15-44(32-13-9-12-27-11-8-10-24(2)34(27)32)23-31(30)41-36(42-35)48-25(3)21-43(6)26(4)28-18-37(38,39)19-28/h7-13,25-26,28-29H,1,14-23H2,2-4,6H3/t25-,26-,29+/m1/s1. The van der Waals surface area contributed by atoms with Crippen molar-refractivity contribution in [3.8, 4) is 6.01 Å². The smallest absolute Gasteiger partial charge is 0.318 e. The number of anilines is 2. The van der Waals surface area contributed by atoms with Crippen LogP contribution in [0.1, 0.15) is 43.5 Å².